The second-order valence-corrected chi connectivity index (χ2v) is 5.69. The fraction of sp³-hybridized carbons (Fsp3) is 0.385. The van der Waals surface area contributed by atoms with E-state index in [4.69, 9.17) is 5.11 Å². The van der Waals surface area contributed by atoms with Crippen molar-refractivity contribution in [3.05, 3.63) is 28.0 Å². The SMILES string of the molecule is Cc1ccc(/C=C/C(=O)N(CC(=O)O)C2CC2)s1. The van der Waals surface area contributed by atoms with Gasteiger partial charge >= 0.3 is 5.97 Å². The summed E-state index contributed by atoms with van der Waals surface area (Å²) in [6, 6.07) is 4.05. The number of aryl methyl sites for hydroxylation is 1. The maximum Gasteiger partial charge on any atom is 0.323 e. The Morgan fingerprint density at radius 1 is 1.50 bits per heavy atom. The van der Waals surface area contributed by atoms with Crippen LogP contribution < -0.4 is 0 Å². The van der Waals surface area contributed by atoms with E-state index in [0.29, 0.717) is 0 Å². The first kappa shape index (κ1) is 12.8. The van der Waals surface area contributed by atoms with E-state index in [0.717, 1.165) is 17.7 Å². The molecule has 1 saturated carbocycles. The van der Waals surface area contributed by atoms with Crippen molar-refractivity contribution in [2.45, 2.75) is 25.8 Å². The Morgan fingerprint density at radius 2 is 2.22 bits per heavy atom. The summed E-state index contributed by atoms with van der Waals surface area (Å²) in [6.45, 7) is 1.79. The predicted octanol–water partition coefficient (Wildman–Crippen LogP) is 2.15. The van der Waals surface area contributed by atoms with Gasteiger partial charge in [0.25, 0.3) is 0 Å². The summed E-state index contributed by atoms with van der Waals surface area (Å²) in [5, 5.41) is 8.78. The van der Waals surface area contributed by atoms with E-state index in [9.17, 15) is 9.59 Å². The number of hydrogen-bond acceptors (Lipinski definition) is 3. The molecule has 4 nitrogen and oxygen atoms in total. The molecule has 0 aromatic carbocycles. The van der Waals surface area contributed by atoms with Gasteiger partial charge in [-0.3, -0.25) is 9.59 Å². The molecule has 1 fully saturated rings. The highest BCUT2D eigenvalue weighted by molar-refractivity contribution is 7.12. The number of thiophene rings is 1. The van der Waals surface area contributed by atoms with Gasteiger partial charge in [0.15, 0.2) is 0 Å². The molecule has 0 unspecified atom stereocenters. The molecule has 1 aromatic rings. The molecule has 1 amide bonds. The molecule has 0 radical (unpaired) electrons. The Labute approximate surface area is 110 Å². The summed E-state index contributed by atoms with van der Waals surface area (Å²) >= 11 is 1.61. The number of carboxylic acid groups (broad SMARTS) is 1. The highest BCUT2D eigenvalue weighted by atomic mass is 32.1. The molecule has 0 atom stereocenters. The van der Waals surface area contributed by atoms with Gasteiger partial charge in [-0.25, -0.2) is 0 Å². The van der Waals surface area contributed by atoms with Crippen LogP contribution in [0.15, 0.2) is 18.2 Å². The van der Waals surface area contributed by atoms with Crippen molar-refractivity contribution in [1.82, 2.24) is 4.90 Å². The largest absolute Gasteiger partial charge is 0.480 e. The molecule has 96 valence electrons. The molecule has 1 heterocycles. The fourth-order valence-electron chi connectivity index (χ4n) is 1.71. The van der Waals surface area contributed by atoms with Crippen LogP contribution >= 0.6 is 11.3 Å². The molecule has 18 heavy (non-hydrogen) atoms. The topological polar surface area (TPSA) is 57.6 Å². The first-order valence-electron chi connectivity index (χ1n) is 5.83. The molecule has 0 spiro atoms. The molecule has 0 saturated heterocycles. The zero-order valence-electron chi connectivity index (χ0n) is 10.1. The lowest BCUT2D eigenvalue weighted by Gasteiger charge is -2.17. The van der Waals surface area contributed by atoms with Crippen LogP contribution in [0.4, 0.5) is 0 Å². The summed E-state index contributed by atoms with van der Waals surface area (Å²) in [5.74, 6) is -1.18. The maximum atomic E-state index is 11.9. The number of hydrogen-bond donors (Lipinski definition) is 1. The maximum absolute atomic E-state index is 11.9. The summed E-state index contributed by atoms with van der Waals surface area (Å²) in [6.07, 6.45) is 5.03. The first-order chi connectivity index (χ1) is 8.56. The fourth-order valence-corrected chi connectivity index (χ4v) is 2.49. The van der Waals surface area contributed by atoms with Gasteiger partial charge in [-0.05, 0) is 38.0 Å². The molecule has 1 aliphatic carbocycles. The number of rotatable bonds is 5. The van der Waals surface area contributed by atoms with Crippen molar-refractivity contribution in [3.8, 4) is 0 Å². The predicted molar refractivity (Wildman–Crippen MR) is 70.5 cm³/mol. The van der Waals surface area contributed by atoms with Crippen LogP contribution in [-0.4, -0.2) is 34.5 Å². The third kappa shape index (κ3) is 3.43. The van der Waals surface area contributed by atoms with Crippen molar-refractivity contribution in [1.29, 1.82) is 0 Å². The van der Waals surface area contributed by atoms with E-state index in [2.05, 4.69) is 0 Å². The lowest BCUT2D eigenvalue weighted by Crippen LogP contribution is -2.36. The lowest BCUT2D eigenvalue weighted by atomic mass is 10.3. The van der Waals surface area contributed by atoms with E-state index in [-0.39, 0.29) is 18.5 Å². The van der Waals surface area contributed by atoms with Gasteiger partial charge < -0.3 is 10.0 Å². The smallest absolute Gasteiger partial charge is 0.323 e. The van der Waals surface area contributed by atoms with Crippen molar-refractivity contribution in [3.63, 3.8) is 0 Å². The first-order valence-corrected chi connectivity index (χ1v) is 6.65. The highest BCUT2D eigenvalue weighted by Gasteiger charge is 2.32. The Morgan fingerprint density at radius 3 is 2.72 bits per heavy atom. The van der Waals surface area contributed by atoms with Crippen LogP contribution in [0.3, 0.4) is 0 Å². The molecule has 1 aliphatic rings. The number of carbonyl (C=O) groups excluding carboxylic acids is 1. The Bertz CT molecular complexity index is 488. The Balaban J connectivity index is 2.00. The monoisotopic (exact) mass is 265 g/mol. The van der Waals surface area contributed by atoms with Crippen LogP contribution in [0.2, 0.25) is 0 Å². The van der Waals surface area contributed by atoms with E-state index in [1.807, 2.05) is 19.1 Å². The molecular formula is C13H15NO3S. The molecule has 1 N–H and O–H groups in total. The van der Waals surface area contributed by atoms with Crippen LogP contribution in [0, 0.1) is 6.92 Å². The van der Waals surface area contributed by atoms with Gasteiger partial charge in [-0.2, -0.15) is 0 Å². The number of aliphatic carboxylic acids is 1. The van der Waals surface area contributed by atoms with Crippen molar-refractivity contribution < 1.29 is 14.7 Å². The molecule has 5 heteroatoms. The van der Waals surface area contributed by atoms with Crippen LogP contribution in [0.1, 0.15) is 22.6 Å². The van der Waals surface area contributed by atoms with Gasteiger partial charge in [-0.1, -0.05) is 0 Å². The van der Waals surface area contributed by atoms with Gasteiger partial charge in [0, 0.05) is 21.9 Å². The van der Waals surface area contributed by atoms with Gasteiger partial charge in [0.2, 0.25) is 5.91 Å². The van der Waals surface area contributed by atoms with E-state index >= 15 is 0 Å². The van der Waals surface area contributed by atoms with Gasteiger partial charge in [-0.15, -0.1) is 11.3 Å². The molecular weight excluding hydrogens is 250 g/mol. The van der Waals surface area contributed by atoms with E-state index < -0.39 is 5.97 Å². The van der Waals surface area contributed by atoms with Gasteiger partial charge in [0.05, 0.1) is 0 Å². The quantitative estimate of drug-likeness (QED) is 0.830. The molecule has 1 aromatic heterocycles. The van der Waals surface area contributed by atoms with Crippen LogP contribution in [0.5, 0.6) is 0 Å². The number of nitrogens with zero attached hydrogens (tertiary/aromatic N) is 1. The minimum atomic E-state index is -0.962. The van der Waals surface area contributed by atoms with Crippen LogP contribution in [-0.2, 0) is 9.59 Å². The second-order valence-electron chi connectivity index (χ2n) is 4.37. The third-order valence-electron chi connectivity index (χ3n) is 2.73. The Hall–Kier alpha value is -1.62. The van der Waals surface area contributed by atoms with Crippen molar-refractivity contribution in [2.75, 3.05) is 6.54 Å². The molecule has 0 aliphatic heterocycles. The van der Waals surface area contributed by atoms with Crippen LogP contribution in [0.25, 0.3) is 6.08 Å². The number of carboxylic acids is 1. The minimum absolute atomic E-state index is 0.114. The van der Waals surface area contributed by atoms with E-state index in [1.54, 1.807) is 17.4 Å². The standard InChI is InChI=1S/C13H15NO3S/c1-9-2-5-11(18-9)6-7-12(15)14(8-13(16)17)10-3-4-10/h2,5-7,10H,3-4,8H2,1H3,(H,16,17)/b7-6+. The minimum Gasteiger partial charge on any atom is -0.480 e. The van der Waals surface area contributed by atoms with Gasteiger partial charge in [0.1, 0.15) is 6.54 Å². The second kappa shape index (κ2) is 5.35. The molecule has 2 rings (SSSR count). The summed E-state index contributed by atoms with van der Waals surface area (Å²) in [5.41, 5.74) is 0. The summed E-state index contributed by atoms with van der Waals surface area (Å²) in [4.78, 5) is 26.3. The van der Waals surface area contributed by atoms with Crippen molar-refractivity contribution in [2.24, 2.45) is 0 Å². The zero-order valence-corrected chi connectivity index (χ0v) is 10.9. The normalized spacial score (nSPS) is 14.9. The average Bonchev–Trinajstić information content (AvgIpc) is 3.06. The average molecular weight is 265 g/mol. The Kier molecular flexibility index (Phi) is 3.81. The van der Waals surface area contributed by atoms with Crippen molar-refractivity contribution >= 4 is 29.3 Å². The zero-order chi connectivity index (χ0) is 13.1. The summed E-state index contributed by atoms with van der Waals surface area (Å²) in [7, 11) is 0. The third-order valence-corrected chi connectivity index (χ3v) is 3.69. The van der Waals surface area contributed by atoms with E-state index in [1.165, 1.54) is 15.9 Å². The number of amides is 1. The lowest BCUT2D eigenvalue weighted by molar-refractivity contribution is -0.143. The summed E-state index contributed by atoms with van der Waals surface area (Å²) < 4.78 is 0. The highest BCUT2D eigenvalue weighted by Crippen LogP contribution is 2.27. The molecule has 0 bridgehead atoms. The number of carbonyl (C=O) groups is 2.